The molecule has 1 saturated heterocycles. The maximum Gasteiger partial charge on any atom is 0.236 e. The first-order chi connectivity index (χ1) is 12.4. The second-order valence-electron chi connectivity index (χ2n) is 7.12. The van der Waals surface area contributed by atoms with Crippen LogP contribution in [0.2, 0.25) is 0 Å². The summed E-state index contributed by atoms with van der Waals surface area (Å²) < 4.78 is 5.20. The van der Waals surface area contributed by atoms with Crippen molar-refractivity contribution in [1.29, 1.82) is 0 Å². The number of aliphatic hydroxyl groups excluding tert-OH is 1. The van der Waals surface area contributed by atoms with E-state index < -0.39 is 6.10 Å². The van der Waals surface area contributed by atoms with E-state index in [1.54, 1.807) is 26.1 Å². The standard InChI is InChI=1S/C19H32N4O3/c1-20(2)19(25)15-21(3)13-17(24)14-22-9-11-23(12-10-22)16-5-7-18(26-4)8-6-16/h5-8,17,24H,9-15H2,1-4H3. The van der Waals surface area contributed by atoms with Gasteiger partial charge in [-0.05, 0) is 31.3 Å². The lowest BCUT2D eigenvalue weighted by Gasteiger charge is -2.37. The lowest BCUT2D eigenvalue weighted by molar-refractivity contribution is -0.129. The van der Waals surface area contributed by atoms with Gasteiger partial charge in [-0.25, -0.2) is 0 Å². The highest BCUT2D eigenvalue weighted by Crippen LogP contribution is 2.20. The second kappa shape index (κ2) is 9.75. The molecule has 0 aliphatic carbocycles. The molecule has 7 heteroatoms. The molecule has 146 valence electrons. The summed E-state index contributed by atoms with van der Waals surface area (Å²) in [6, 6.07) is 8.13. The number of carbonyl (C=O) groups excluding carboxylic acids is 1. The third kappa shape index (κ3) is 6.16. The number of methoxy groups -OCH3 is 1. The van der Waals surface area contributed by atoms with Crippen LogP contribution in [0.15, 0.2) is 24.3 Å². The first-order valence-electron chi connectivity index (χ1n) is 9.07. The molecule has 1 heterocycles. The van der Waals surface area contributed by atoms with Crippen LogP contribution in [0, 0.1) is 0 Å². The largest absolute Gasteiger partial charge is 0.497 e. The summed E-state index contributed by atoms with van der Waals surface area (Å²) in [6.07, 6.45) is -0.456. The van der Waals surface area contributed by atoms with Crippen molar-refractivity contribution in [2.24, 2.45) is 0 Å². The minimum absolute atomic E-state index is 0.0489. The highest BCUT2D eigenvalue weighted by Gasteiger charge is 2.20. The quantitative estimate of drug-likeness (QED) is 0.711. The van der Waals surface area contributed by atoms with Crippen LogP contribution in [0.4, 0.5) is 5.69 Å². The maximum absolute atomic E-state index is 11.7. The normalized spacial score (nSPS) is 16.6. The Morgan fingerprint density at radius 2 is 1.77 bits per heavy atom. The molecule has 1 amide bonds. The molecule has 0 aromatic heterocycles. The number of amides is 1. The monoisotopic (exact) mass is 364 g/mol. The van der Waals surface area contributed by atoms with E-state index in [4.69, 9.17) is 4.74 Å². The molecule has 0 saturated carbocycles. The second-order valence-corrected chi connectivity index (χ2v) is 7.12. The van der Waals surface area contributed by atoms with Gasteiger partial charge in [0.2, 0.25) is 5.91 Å². The number of rotatable bonds is 8. The van der Waals surface area contributed by atoms with Crippen LogP contribution in [0.25, 0.3) is 0 Å². The van der Waals surface area contributed by atoms with Crippen LogP contribution in [-0.4, -0.2) is 106 Å². The predicted octanol–water partition coefficient (Wildman–Crippen LogP) is 0.198. The number of aliphatic hydroxyl groups is 1. The number of carbonyl (C=O) groups is 1. The van der Waals surface area contributed by atoms with Crippen LogP contribution < -0.4 is 9.64 Å². The fourth-order valence-electron chi connectivity index (χ4n) is 3.13. The number of anilines is 1. The third-order valence-electron chi connectivity index (χ3n) is 4.71. The van der Waals surface area contributed by atoms with E-state index in [1.807, 2.05) is 24.1 Å². The van der Waals surface area contributed by atoms with Gasteiger partial charge in [0.15, 0.2) is 0 Å². The van der Waals surface area contributed by atoms with Gasteiger partial charge in [-0.2, -0.15) is 0 Å². The Labute approximate surface area is 156 Å². The van der Waals surface area contributed by atoms with E-state index in [-0.39, 0.29) is 5.91 Å². The number of piperazine rings is 1. The fraction of sp³-hybridized carbons (Fsp3) is 0.632. The van der Waals surface area contributed by atoms with Crippen molar-refractivity contribution in [3.63, 3.8) is 0 Å². The molecule has 1 aromatic carbocycles. The van der Waals surface area contributed by atoms with Crippen molar-refractivity contribution in [2.75, 3.05) is 79.0 Å². The lowest BCUT2D eigenvalue weighted by atomic mass is 10.2. The van der Waals surface area contributed by atoms with E-state index in [0.717, 1.165) is 31.9 Å². The highest BCUT2D eigenvalue weighted by molar-refractivity contribution is 5.77. The molecule has 1 aromatic rings. The number of β-amino-alcohol motifs (C(OH)–C–C–N with tert-alkyl or cyclic N) is 1. The molecule has 1 fully saturated rings. The molecule has 1 N–H and O–H groups in total. The van der Waals surface area contributed by atoms with Crippen molar-refractivity contribution in [3.8, 4) is 5.75 Å². The summed E-state index contributed by atoms with van der Waals surface area (Å²) in [5.41, 5.74) is 1.20. The van der Waals surface area contributed by atoms with Gasteiger partial charge in [-0.15, -0.1) is 0 Å². The molecule has 1 unspecified atom stereocenters. The van der Waals surface area contributed by atoms with Gasteiger partial charge in [0.1, 0.15) is 5.75 Å². The molecule has 0 spiro atoms. The number of ether oxygens (including phenoxy) is 1. The molecule has 0 bridgehead atoms. The summed E-state index contributed by atoms with van der Waals surface area (Å²) in [5, 5.41) is 10.3. The molecular formula is C19H32N4O3. The number of benzene rings is 1. The molecular weight excluding hydrogens is 332 g/mol. The molecule has 1 aliphatic rings. The van der Waals surface area contributed by atoms with Gasteiger partial charge in [-0.1, -0.05) is 0 Å². The van der Waals surface area contributed by atoms with Crippen LogP contribution in [0.1, 0.15) is 0 Å². The molecule has 0 radical (unpaired) electrons. The minimum Gasteiger partial charge on any atom is -0.497 e. The van der Waals surface area contributed by atoms with Gasteiger partial charge in [0, 0.05) is 59.1 Å². The van der Waals surface area contributed by atoms with Crippen LogP contribution in [0.3, 0.4) is 0 Å². The zero-order chi connectivity index (χ0) is 19.1. The average molecular weight is 364 g/mol. The topological polar surface area (TPSA) is 59.5 Å². The van der Waals surface area contributed by atoms with Crippen molar-refractivity contribution < 1.29 is 14.6 Å². The molecule has 1 atom stereocenters. The van der Waals surface area contributed by atoms with Crippen LogP contribution in [-0.2, 0) is 4.79 Å². The van der Waals surface area contributed by atoms with Gasteiger partial charge < -0.3 is 19.6 Å². The Morgan fingerprint density at radius 3 is 2.31 bits per heavy atom. The van der Waals surface area contributed by atoms with Crippen LogP contribution >= 0.6 is 0 Å². The lowest BCUT2D eigenvalue weighted by Crippen LogP contribution is -2.50. The van der Waals surface area contributed by atoms with Gasteiger partial charge >= 0.3 is 0 Å². The van der Waals surface area contributed by atoms with E-state index in [0.29, 0.717) is 19.6 Å². The van der Waals surface area contributed by atoms with Crippen LogP contribution in [0.5, 0.6) is 5.75 Å². The molecule has 2 rings (SSSR count). The Bertz CT molecular complexity index is 556. The maximum atomic E-state index is 11.7. The smallest absolute Gasteiger partial charge is 0.236 e. The SMILES string of the molecule is COc1ccc(N2CCN(CC(O)CN(C)CC(=O)N(C)C)CC2)cc1. The van der Waals surface area contributed by atoms with E-state index in [9.17, 15) is 9.90 Å². The van der Waals surface area contributed by atoms with E-state index in [1.165, 1.54) is 5.69 Å². The zero-order valence-electron chi connectivity index (χ0n) is 16.4. The number of likely N-dealkylation sites (N-methyl/N-ethyl adjacent to an activating group) is 2. The minimum atomic E-state index is -0.456. The predicted molar refractivity (Wildman–Crippen MR) is 104 cm³/mol. The van der Waals surface area contributed by atoms with Gasteiger partial charge in [-0.3, -0.25) is 14.6 Å². The summed E-state index contributed by atoms with van der Waals surface area (Å²) in [7, 11) is 7.03. The number of hydrogen-bond acceptors (Lipinski definition) is 6. The zero-order valence-corrected chi connectivity index (χ0v) is 16.4. The average Bonchev–Trinajstić information content (AvgIpc) is 2.62. The Balaban J connectivity index is 1.72. The first-order valence-corrected chi connectivity index (χ1v) is 9.07. The fourth-order valence-corrected chi connectivity index (χ4v) is 3.13. The third-order valence-corrected chi connectivity index (χ3v) is 4.71. The number of nitrogens with zero attached hydrogens (tertiary/aromatic N) is 4. The van der Waals surface area contributed by atoms with E-state index in [2.05, 4.69) is 21.9 Å². The Morgan fingerprint density at radius 1 is 1.15 bits per heavy atom. The van der Waals surface area contributed by atoms with Crippen molar-refractivity contribution >= 4 is 11.6 Å². The van der Waals surface area contributed by atoms with Gasteiger partial charge in [0.05, 0.1) is 19.8 Å². The van der Waals surface area contributed by atoms with Crippen molar-refractivity contribution in [3.05, 3.63) is 24.3 Å². The summed E-state index contributed by atoms with van der Waals surface area (Å²) in [5.74, 6) is 0.917. The summed E-state index contributed by atoms with van der Waals surface area (Å²) >= 11 is 0. The first kappa shape index (κ1) is 20.5. The van der Waals surface area contributed by atoms with Gasteiger partial charge in [0.25, 0.3) is 0 Å². The Kier molecular flexibility index (Phi) is 7.68. The molecule has 7 nitrogen and oxygen atoms in total. The molecule has 26 heavy (non-hydrogen) atoms. The summed E-state index contributed by atoms with van der Waals surface area (Å²) in [6.45, 7) is 5.18. The number of hydrogen-bond donors (Lipinski definition) is 1. The highest BCUT2D eigenvalue weighted by atomic mass is 16.5. The molecule has 1 aliphatic heterocycles. The van der Waals surface area contributed by atoms with E-state index >= 15 is 0 Å². The Hall–Kier alpha value is -1.83. The van der Waals surface area contributed by atoms with Crippen molar-refractivity contribution in [1.82, 2.24) is 14.7 Å². The van der Waals surface area contributed by atoms with Crippen molar-refractivity contribution in [2.45, 2.75) is 6.10 Å². The summed E-state index contributed by atoms with van der Waals surface area (Å²) in [4.78, 5) is 19.8.